The molecule has 1 aliphatic rings. The Kier molecular flexibility index (Phi) is 7.60. The lowest BCUT2D eigenvalue weighted by Gasteiger charge is -2.17. The van der Waals surface area contributed by atoms with Crippen molar-refractivity contribution in [2.45, 2.75) is 30.6 Å². The van der Waals surface area contributed by atoms with Crippen LogP contribution >= 0.6 is 15.9 Å². The molecule has 2 amide bonds. The second-order valence-electron chi connectivity index (χ2n) is 6.34. The first-order valence-electron chi connectivity index (χ1n) is 8.57. The molecule has 0 unspecified atom stereocenters. The van der Waals surface area contributed by atoms with Crippen molar-refractivity contribution >= 4 is 37.8 Å². The SMILES string of the molecule is CN(CC(=O)NCCNC(=O)C1CCCC1)S(=O)(=O)c1ccc(Br)cc1. The number of benzene rings is 1. The fourth-order valence-electron chi connectivity index (χ4n) is 2.85. The summed E-state index contributed by atoms with van der Waals surface area (Å²) in [6.07, 6.45) is 4.04. The number of amides is 2. The zero-order valence-electron chi connectivity index (χ0n) is 14.7. The Morgan fingerprint density at radius 2 is 1.69 bits per heavy atom. The van der Waals surface area contributed by atoms with Crippen molar-refractivity contribution in [1.82, 2.24) is 14.9 Å². The molecule has 0 radical (unpaired) electrons. The van der Waals surface area contributed by atoms with E-state index >= 15 is 0 Å². The summed E-state index contributed by atoms with van der Waals surface area (Å²) in [5, 5.41) is 5.43. The van der Waals surface area contributed by atoms with E-state index in [1.807, 2.05) is 0 Å². The van der Waals surface area contributed by atoms with Gasteiger partial charge in [-0.3, -0.25) is 9.59 Å². The van der Waals surface area contributed by atoms with Gasteiger partial charge in [-0.25, -0.2) is 8.42 Å². The summed E-state index contributed by atoms with van der Waals surface area (Å²) in [7, 11) is -2.36. The fraction of sp³-hybridized carbons (Fsp3) is 0.529. The summed E-state index contributed by atoms with van der Waals surface area (Å²) in [5.74, 6) is -0.289. The van der Waals surface area contributed by atoms with Crippen LogP contribution in [-0.4, -0.2) is 51.2 Å². The predicted molar refractivity (Wildman–Crippen MR) is 102 cm³/mol. The molecule has 144 valence electrons. The summed E-state index contributed by atoms with van der Waals surface area (Å²) in [5.41, 5.74) is 0. The largest absolute Gasteiger partial charge is 0.354 e. The molecule has 0 saturated heterocycles. The van der Waals surface area contributed by atoms with Crippen molar-refractivity contribution in [1.29, 1.82) is 0 Å². The molecule has 0 heterocycles. The number of carbonyl (C=O) groups excluding carboxylic acids is 2. The molecular formula is C17H24BrN3O4S. The zero-order chi connectivity index (χ0) is 19.2. The van der Waals surface area contributed by atoms with Crippen LogP contribution in [-0.2, 0) is 19.6 Å². The molecule has 0 atom stereocenters. The molecule has 1 aromatic rings. The van der Waals surface area contributed by atoms with Gasteiger partial charge in [0.1, 0.15) is 0 Å². The highest BCUT2D eigenvalue weighted by Crippen LogP contribution is 2.24. The number of rotatable bonds is 8. The molecule has 0 aliphatic heterocycles. The molecule has 0 bridgehead atoms. The maximum atomic E-state index is 12.4. The summed E-state index contributed by atoms with van der Waals surface area (Å²) >= 11 is 3.25. The van der Waals surface area contributed by atoms with E-state index in [1.165, 1.54) is 19.2 Å². The number of sulfonamides is 1. The van der Waals surface area contributed by atoms with Crippen molar-refractivity contribution in [2.24, 2.45) is 5.92 Å². The van der Waals surface area contributed by atoms with Gasteiger partial charge in [0.2, 0.25) is 21.8 Å². The van der Waals surface area contributed by atoms with Gasteiger partial charge >= 0.3 is 0 Å². The zero-order valence-corrected chi connectivity index (χ0v) is 17.1. The normalized spacial score (nSPS) is 15.2. The molecule has 0 spiro atoms. The van der Waals surface area contributed by atoms with E-state index in [1.54, 1.807) is 12.1 Å². The van der Waals surface area contributed by atoms with Crippen LogP contribution in [0.15, 0.2) is 33.6 Å². The summed E-state index contributed by atoms with van der Waals surface area (Å²) in [6.45, 7) is 0.322. The molecule has 26 heavy (non-hydrogen) atoms. The van der Waals surface area contributed by atoms with Gasteiger partial charge in [0, 0.05) is 30.5 Å². The van der Waals surface area contributed by atoms with Crippen LogP contribution in [0.25, 0.3) is 0 Å². The van der Waals surface area contributed by atoms with E-state index in [2.05, 4.69) is 26.6 Å². The topological polar surface area (TPSA) is 95.6 Å². The Morgan fingerprint density at radius 1 is 1.12 bits per heavy atom. The van der Waals surface area contributed by atoms with Gasteiger partial charge in [0.15, 0.2) is 0 Å². The van der Waals surface area contributed by atoms with Crippen LogP contribution in [0.4, 0.5) is 0 Å². The summed E-state index contributed by atoms with van der Waals surface area (Å²) in [4.78, 5) is 23.9. The molecule has 1 aromatic carbocycles. The van der Waals surface area contributed by atoms with Gasteiger partial charge in [-0.2, -0.15) is 4.31 Å². The second kappa shape index (κ2) is 9.48. The van der Waals surface area contributed by atoms with E-state index in [9.17, 15) is 18.0 Å². The van der Waals surface area contributed by atoms with E-state index < -0.39 is 15.9 Å². The van der Waals surface area contributed by atoms with E-state index in [4.69, 9.17) is 0 Å². The third-order valence-electron chi connectivity index (χ3n) is 4.36. The van der Waals surface area contributed by atoms with Gasteiger partial charge < -0.3 is 10.6 Å². The summed E-state index contributed by atoms with van der Waals surface area (Å²) < 4.78 is 26.6. The van der Waals surface area contributed by atoms with Crippen LogP contribution in [0, 0.1) is 5.92 Å². The van der Waals surface area contributed by atoms with E-state index in [0.29, 0.717) is 6.54 Å². The van der Waals surface area contributed by atoms with Gasteiger partial charge in [0.05, 0.1) is 11.4 Å². The standard InChI is InChI=1S/C17H24BrN3O4S/c1-21(26(24,25)15-8-6-14(18)7-9-15)12-16(22)19-10-11-20-17(23)13-4-2-3-5-13/h6-9,13H,2-5,10-12H2,1H3,(H,19,22)(H,20,23). The maximum Gasteiger partial charge on any atom is 0.243 e. The number of halogens is 1. The van der Waals surface area contributed by atoms with Crippen molar-refractivity contribution in [3.8, 4) is 0 Å². The Bertz CT molecular complexity index is 731. The molecule has 7 nitrogen and oxygen atoms in total. The Hall–Kier alpha value is -1.45. The van der Waals surface area contributed by atoms with Gasteiger partial charge in [-0.1, -0.05) is 28.8 Å². The highest BCUT2D eigenvalue weighted by atomic mass is 79.9. The predicted octanol–water partition coefficient (Wildman–Crippen LogP) is 1.49. The van der Waals surface area contributed by atoms with Crippen LogP contribution < -0.4 is 10.6 Å². The average molecular weight is 446 g/mol. The molecule has 9 heteroatoms. The fourth-order valence-corrected chi connectivity index (χ4v) is 4.24. The monoisotopic (exact) mass is 445 g/mol. The van der Waals surface area contributed by atoms with Gasteiger partial charge in [-0.05, 0) is 37.1 Å². The molecule has 1 fully saturated rings. The Balaban J connectivity index is 1.74. The minimum atomic E-state index is -3.72. The first-order valence-corrected chi connectivity index (χ1v) is 10.8. The lowest BCUT2D eigenvalue weighted by molar-refractivity contribution is -0.125. The number of likely N-dealkylation sites (N-methyl/N-ethyl adjacent to an activating group) is 1. The molecule has 2 N–H and O–H groups in total. The molecular weight excluding hydrogens is 422 g/mol. The highest BCUT2D eigenvalue weighted by molar-refractivity contribution is 9.10. The first kappa shape index (κ1) is 20.9. The lowest BCUT2D eigenvalue weighted by Crippen LogP contribution is -2.41. The van der Waals surface area contributed by atoms with Crippen LogP contribution in [0.5, 0.6) is 0 Å². The van der Waals surface area contributed by atoms with Crippen LogP contribution in [0.1, 0.15) is 25.7 Å². The van der Waals surface area contributed by atoms with E-state index in [0.717, 1.165) is 34.5 Å². The molecule has 2 rings (SSSR count). The number of nitrogens with one attached hydrogen (secondary N) is 2. The van der Waals surface area contributed by atoms with Crippen molar-refractivity contribution in [3.63, 3.8) is 0 Å². The first-order chi connectivity index (χ1) is 12.3. The number of nitrogens with zero attached hydrogens (tertiary/aromatic N) is 1. The quantitative estimate of drug-likeness (QED) is 0.592. The third kappa shape index (κ3) is 5.78. The summed E-state index contributed by atoms with van der Waals surface area (Å²) in [6, 6.07) is 6.22. The minimum absolute atomic E-state index is 0.0340. The Labute approximate surface area is 162 Å². The van der Waals surface area contributed by atoms with Crippen molar-refractivity contribution in [2.75, 3.05) is 26.7 Å². The van der Waals surface area contributed by atoms with E-state index in [-0.39, 0.29) is 29.8 Å². The van der Waals surface area contributed by atoms with Crippen LogP contribution in [0.2, 0.25) is 0 Å². The molecule has 1 saturated carbocycles. The van der Waals surface area contributed by atoms with Gasteiger partial charge in [0.25, 0.3) is 0 Å². The van der Waals surface area contributed by atoms with Crippen LogP contribution in [0.3, 0.4) is 0 Å². The minimum Gasteiger partial charge on any atom is -0.354 e. The van der Waals surface area contributed by atoms with Crippen molar-refractivity contribution < 1.29 is 18.0 Å². The number of hydrogen-bond donors (Lipinski definition) is 2. The lowest BCUT2D eigenvalue weighted by atomic mass is 10.1. The Morgan fingerprint density at radius 3 is 2.31 bits per heavy atom. The maximum absolute atomic E-state index is 12.4. The average Bonchev–Trinajstić information content (AvgIpc) is 3.13. The van der Waals surface area contributed by atoms with Gasteiger partial charge in [-0.15, -0.1) is 0 Å². The molecule has 0 aromatic heterocycles. The smallest absolute Gasteiger partial charge is 0.243 e. The van der Waals surface area contributed by atoms with Crippen molar-refractivity contribution in [3.05, 3.63) is 28.7 Å². The third-order valence-corrected chi connectivity index (χ3v) is 6.71. The second-order valence-corrected chi connectivity index (χ2v) is 9.30. The highest BCUT2D eigenvalue weighted by Gasteiger charge is 2.23. The number of carbonyl (C=O) groups is 2. The number of hydrogen-bond acceptors (Lipinski definition) is 4. The molecule has 1 aliphatic carbocycles.